The summed E-state index contributed by atoms with van der Waals surface area (Å²) in [6, 6.07) is 8.45. The van der Waals surface area contributed by atoms with Crippen LogP contribution in [0.4, 0.5) is 4.79 Å². The van der Waals surface area contributed by atoms with Crippen LogP contribution < -0.4 is 11.1 Å². The van der Waals surface area contributed by atoms with E-state index >= 15 is 0 Å². The number of amides is 2. The number of carbonyl (C=O) groups excluding carboxylic acids is 2. The molecule has 5 heteroatoms. The van der Waals surface area contributed by atoms with Gasteiger partial charge in [-0.15, -0.1) is 6.58 Å². The molecule has 0 aliphatic rings. The maximum Gasteiger partial charge on any atom is 0.408 e. The van der Waals surface area contributed by atoms with Crippen molar-refractivity contribution in [2.75, 3.05) is 0 Å². The third-order valence-electron chi connectivity index (χ3n) is 2.25. The van der Waals surface area contributed by atoms with Crippen molar-refractivity contribution in [1.29, 1.82) is 0 Å². The Labute approximate surface area is 106 Å². The molecule has 18 heavy (non-hydrogen) atoms. The predicted molar refractivity (Wildman–Crippen MR) is 67.6 cm³/mol. The van der Waals surface area contributed by atoms with E-state index in [0.29, 0.717) is 0 Å². The van der Waals surface area contributed by atoms with Gasteiger partial charge in [0.05, 0.1) is 0 Å². The molecule has 3 N–H and O–H groups in total. The van der Waals surface area contributed by atoms with Crippen LogP contribution in [0.15, 0.2) is 43.0 Å². The molecule has 0 saturated heterocycles. The second-order valence-corrected chi connectivity index (χ2v) is 3.69. The van der Waals surface area contributed by atoms with Crippen molar-refractivity contribution >= 4 is 12.0 Å². The number of nitrogens with one attached hydrogen (secondary N) is 1. The molecule has 0 aromatic heterocycles. The van der Waals surface area contributed by atoms with Gasteiger partial charge in [-0.2, -0.15) is 0 Å². The van der Waals surface area contributed by atoms with Crippen LogP contribution in [0.25, 0.3) is 0 Å². The summed E-state index contributed by atoms with van der Waals surface area (Å²) in [6.07, 6.45) is 1.10. The van der Waals surface area contributed by atoms with Gasteiger partial charge in [-0.1, -0.05) is 36.4 Å². The first kappa shape index (κ1) is 13.8. The number of carbonyl (C=O) groups is 2. The maximum atomic E-state index is 11.4. The van der Waals surface area contributed by atoms with Crippen molar-refractivity contribution in [3.05, 3.63) is 48.6 Å². The monoisotopic (exact) mass is 248 g/mol. The number of benzene rings is 1. The number of alkyl carbamates (subject to hydrolysis) is 1. The highest BCUT2D eigenvalue weighted by Gasteiger charge is 2.16. The van der Waals surface area contributed by atoms with Gasteiger partial charge in [-0.3, -0.25) is 4.79 Å². The van der Waals surface area contributed by atoms with Gasteiger partial charge in [-0.05, 0) is 12.0 Å². The molecule has 0 spiro atoms. The summed E-state index contributed by atoms with van der Waals surface area (Å²) >= 11 is 0. The van der Waals surface area contributed by atoms with Crippen molar-refractivity contribution in [2.45, 2.75) is 19.1 Å². The van der Waals surface area contributed by atoms with E-state index in [1.165, 1.54) is 6.08 Å². The zero-order chi connectivity index (χ0) is 13.4. The molecule has 0 aliphatic heterocycles. The zero-order valence-electron chi connectivity index (χ0n) is 9.96. The highest BCUT2D eigenvalue weighted by molar-refractivity contribution is 5.84. The lowest BCUT2D eigenvalue weighted by Crippen LogP contribution is -2.44. The zero-order valence-corrected chi connectivity index (χ0v) is 9.96. The van der Waals surface area contributed by atoms with Gasteiger partial charge in [0, 0.05) is 0 Å². The molecular formula is C13H16N2O3. The summed E-state index contributed by atoms with van der Waals surface area (Å²) in [5, 5.41) is 2.38. The van der Waals surface area contributed by atoms with Crippen molar-refractivity contribution in [3.63, 3.8) is 0 Å². The Balaban J connectivity index is 2.41. The molecule has 0 saturated carbocycles. The molecule has 2 amide bonds. The minimum absolute atomic E-state index is 0.145. The van der Waals surface area contributed by atoms with Crippen LogP contribution >= 0.6 is 0 Å². The van der Waals surface area contributed by atoms with E-state index in [4.69, 9.17) is 10.5 Å². The fourth-order valence-corrected chi connectivity index (χ4v) is 1.32. The van der Waals surface area contributed by atoms with Crippen molar-refractivity contribution in [3.8, 4) is 0 Å². The van der Waals surface area contributed by atoms with Gasteiger partial charge < -0.3 is 15.8 Å². The Morgan fingerprint density at radius 2 is 2.06 bits per heavy atom. The first-order valence-corrected chi connectivity index (χ1v) is 5.51. The molecule has 0 heterocycles. The highest BCUT2D eigenvalue weighted by Crippen LogP contribution is 2.01. The van der Waals surface area contributed by atoms with Gasteiger partial charge in [0.15, 0.2) is 0 Å². The molecular weight excluding hydrogens is 232 g/mol. The van der Waals surface area contributed by atoms with Gasteiger partial charge in [0.1, 0.15) is 12.6 Å². The molecule has 0 fully saturated rings. The average Bonchev–Trinajstić information content (AvgIpc) is 2.37. The molecule has 0 radical (unpaired) electrons. The SMILES string of the molecule is C=CC[C@H](NC(=O)OCc1ccccc1)C(N)=O. The molecule has 5 nitrogen and oxygen atoms in total. The van der Waals surface area contributed by atoms with Crippen molar-refractivity contribution in [2.24, 2.45) is 5.73 Å². The fourth-order valence-electron chi connectivity index (χ4n) is 1.32. The molecule has 1 atom stereocenters. The molecule has 0 bridgehead atoms. The average molecular weight is 248 g/mol. The molecule has 96 valence electrons. The van der Waals surface area contributed by atoms with Crippen LogP contribution in [0.5, 0.6) is 0 Å². The van der Waals surface area contributed by atoms with E-state index < -0.39 is 18.0 Å². The first-order chi connectivity index (χ1) is 8.63. The Morgan fingerprint density at radius 3 is 2.61 bits per heavy atom. The van der Waals surface area contributed by atoms with Crippen molar-refractivity contribution < 1.29 is 14.3 Å². The fraction of sp³-hybridized carbons (Fsp3) is 0.231. The van der Waals surface area contributed by atoms with Crippen LogP contribution in [0, 0.1) is 0 Å². The minimum Gasteiger partial charge on any atom is -0.445 e. The molecule has 0 unspecified atom stereocenters. The Hall–Kier alpha value is -2.30. The first-order valence-electron chi connectivity index (χ1n) is 5.51. The lowest BCUT2D eigenvalue weighted by atomic mass is 10.2. The van der Waals surface area contributed by atoms with Crippen LogP contribution in [-0.2, 0) is 16.1 Å². The summed E-state index contributed by atoms with van der Waals surface area (Å²) in [4.78, 5) is 22.4. The van der Waals surface area contributed by atoms with Gasteiger partial charge in [0.2, 0.25) is 5.91 Å². The van der Waals surface area contributed by atoms with Gasteiger partial charge in [-0.25, -0.2) is 4.79 Å². The summed E-state index contributed by atoms with van der Waals surface area (Å²) in [7, 11) is 0. The smallest absolute Gasteiger partial charge is 0.408 e. The van der Waals surface area contributed by atoms with E-state index in [2.05, 4.69) is 11.9 Å². The van der Waals surface area contributed by atoms with E-state index in [1.807, 2.05) is 30.3 Å². The van der Waals surface area contributed by atoms with Crippen LogP contribution in [0.3, 0.4) is 0 Å². The van der Waals surface area contributed by atoms with Crippen LogP contribution in [0.1, 0.15) is 12.0 Å². The maximum absolute atomic E-state index is 11.4. The predicted octanol–water partition coefficient (Wildman–Crippen LogP) is 1.34. The normalized spacial score (nSPS) is 11.3. The number of hydrogen-bond acceptors (Lipinski definition) is 3. The molecule has 1 rings (SSSR count). The summed E-state index contributed by atoms with van der Waals surface area (Å²) in [5.74, 6) is -0.619. The number of ether oxygens (including phenoxy) is 1. The number of primary amides is 1. The third kappa shape index (κ3) is 4.69. The molecule has 0 aliphatic carbocycles. The highest BCUT2D eigenvalue weighted by atomic mass is 16.5. The van der Waals surface area contributed by atoms with Crippen LogP contribution in [-0.4, -0.2) is 18.0 Å². The number of hydrogen-bond donors (Lipinski definition) is 2. The van der Waals surface area contributed by atoms with Gasteiger partial charge in [0.25, 0.3) is 0 Å². The molecule has 1 aromatic rings. The topological polar surface area (TPSA) is 81.4 Å². The largest absolute Gasteiger partial charge is 0.445 e. The molecule has 1 aromatic carbocycles. The Kier molecular flexibility index (Phi) is 5.44. The Morgan fingerprint density at radius 1 is 1.39 bits per heavy atom. The van der Waals surface area contributed by atoms with Crippen LogP contribution in [0.2, 0.25) is 0 Å². The Bertz CT molecular complexity index is 418. The van der Waals surface area contributed by atoms with Gasteiger partial charge >= 0.3 is 6.09 Å². The van der Waals surface area contributed by atoms with E-state index in [0.717, 1.165) is 5.56 Å². The standard InChI is InChI=1S/C13H16N2O3/c1-2-6-11(12(14)16)15-13(17)18-9-10-7-4-3-5-8-10/h2-5,7-8,11H,1,6,9H2,(H2,14,16)(H,15,17)/t11-/m0/s1. The second kappa shape index (κ2) is 7.11. The van der Waals surface area contributed by atoms with E-state index in [-0.39, 0.29) is 13.0 Å². The summed E-state index contributed by atoms with van der Waals surface area (Å²) < 4.78 is 4.96. The summed E-state index contributed by atoms with van der Waals surface area (Å²) in [5.41, 5.74) is 5.99. The summed E-state index contributed by atoms with van der Waals surface area (Å²) in [6.45, 7) is 3.63. The second-order valence-electron chi connectivity index (χ2n) is 3.69. The third-order valence-corrected chi connectivity index (χ3v) is 2.25. The number of rotatable bonds is 6. The quantitative estimate of drug-likeness (QED) is 0.745. The lowest BCUT2D eigenvalue weighted by Gasteiger charge is -2.13. The van der Waals surface area contributed by atoms with Crippen molar-refractivity contribution in [1.82, 2.24) is 5.32 Å². The van der Waals surface area contributed by atoms with E-state index in [9.17, 15) is 9.59 Å². The minimum atomic E-state index is -0.786. The lowest BCUT2D eigenvalue weighted by molar-refractivity contribution is -0.119. The van der Waals surface area contributed by atoms with E-state index in [1.54, 1.807) is 0 Å². The number of nitrogens with two attached hydrogens (primary N) is 1.